The van der Waals surface area contributed by atoms with Crippen molar-refractivity contribution in [2.24, 2.45) is 0 Å². The maximum Gasteiger partial charge on any atom is 0.364 e. The third kappa shape index (κ3) is 2.43. The van der Waals surface area contributed by atoms with Crippen molar-refractivity contribution < 1.29 is 18.7 Å². The number of halogens is 1. The molecule has 0 fully saturated rings. The quantitative estimate of drug-likeness (QED) is 0.733. The maximum absolute atomic E-state index is 12.5. The summed E-state index contributed by atoms with van der Waals surface area (Å²) in [6, 6.07) is 3.21. The number of aliphatic carboxylic acids is 1. The molecule has 0 aromatic carbocycles. The van der Waals surface area contributed by atoms with Crippen LogP contribution in [0.1, 0.15) is 18.4 Å². The Morgan fingerprint density at radius 1 is 1.69 bits per heavy atom. The smallest absolute Gasteiger partial charge is 0.364 e. The van der Waals surface area contributed by atoms with Crippen LogP contribution in [0.25, 0.3) is 6.08 Å². The molecular weight excluding hydrogens is 175 g/mol. The van der Waals surface area contributed by atoms with Gasteiger partial charge >= 0.3 is 5.97 Å². The van der Waals surface area contributed by atoms with E-state index >= 15 is 0 Å². The van der Waals surface area contributed by atoms with Crippen LogP contribution in [-0.2, 0) is 11.2 Å². The second-order valence-corrected chi connectivity index (χ2v) is 2.46. The molecule has 70 valence electrons. The van der Waals surface area contributed by atoms with Gasteiger partial charge in [0.2, 0.25) is 5.83 Å². The molecule has 13 heavy (non-hydrogen) atoms. The second-order valence-electron chi connectivity index (χ2n) is 2.46. The van der Waals surface area contributed by atoms with E-state index in [1.54, 1.807) is 6.07 Å². The average molecular weight is 184 g/mol. The lowest BCUT2D eigenvalue weighted by Crippen LogP contribution is -1.93. The largest absolute Gasteiger partial charge is 0.476 e. The lowest BCUT2D eigenvalue weighted by atomic mass is 10.3. The average Bonchev–Trinajstić information content (AvgIpc) is 2.52. The number of aryl methyl sites for hydroxylation is 1. The number of carboxylic acid groups (broad SMARTS) is 1. The number of hydrogen-bond donors (Lipinski definition) is 1. The third-order valence-corrected chi connectivity index (χ3v) is 1.50. The summed E-state index contributed by atoms with van der Waals surface area (Å²) in [7, 11) is 0. The fourth-order valence-corrected chi connectivity index (χ4v) is 0.849. The first-order valence-electron chi connectivity index (χ1n) is 3.82. The van der Waals surface area contributed by atoms with Crippen molar-refractivity contribution in [2.45, 2.75) is 13.3 Å². The van der Waals surface area contributed by atoms with Crippen LogP contribution in [0.2, 0.25) is 0 Å². The van der Waals surface area contributed by atoms with Crippen LogP contribution in [0, 0.1) is 0 Å². The molecule has 0 unspecified atom stereocenters. The van der Waals surface area contributed by atoms with Gasteiger partial charge in [0.15, 0.2) is 0 Å². The normalized spacial score (nSPS) is 11.7. The van der Waals surface area contributed by atoms with Gasteiger partial charge in [0, 0.05) is 12.5 Å². The van der Waals surface area contributed by atoms with Gasteiger partial charge in [-0.05, 0) is 12.1 Å². The highest BCUT2D eigenvalue weighted by Gasteiger charge is 2.06. The summed E-state index contributed by atoms with van der Waals surface area (Å²) >= 11 is 0. The summed E-state index contributed by atoms with van der Waals surface area (Å²) in [6.07, 6.45) is 1.55. The van der Waals surface area contributed by atoms with Crippen molar-refractivity contribution in [3.63, 3.8) is 0 Å². The Balaban J connectivity index is 2.84. The molecule has 0 aliphatic heterocycles. The SMILES string of the molecule is CCc1ccc(C=C(F)C(=O)O)o1. The monoisotopic (exact) mass is 184 g/mol. The van der Waals surface area contributed by atoms with Crippen LogP contribution in [0.4, 0.5) is 4.39 Å². The molecule has 1 N–H and O–H groups in total. The van der Waals surface area contributed by atoms with E-state index in [9.17, 15) is 9.18 Å². The molecule has 1 heterocycles. The highest BCUT2D eigenvalue weighted by Crippen LogP contribution is 2.12. The van der Waals surface area contributed by atoms with Gasteiger partial charge in [-0.3, -0.25) is 0 Å². The minimum absolute atomic E-state index is 0.219. The van der Waals surface area contributed by atoms with E-state index in [2.05, 4.69) is 0 Å². The van der Waals surface area contributed by atoms with Gasteiger partial charge in [-0.2, -0.15) is 4.39 Å². The van der Waals surface area contributed by atoms with E-state index in [-0.39, 0.29) is 5.76 Å². The predicted molar refractivity (Wildman–Crippen MR) is 44.8 cm³/mol. The Morgan fingerprint density at radius 3 is 2.85 bits per heavy atom. The van der Waals surface area contributed by atoms with Crippen molar-refractivity contribution >= 4 is 12.0 Å². The van der Waals surface area contributed by atoms with Gasteiger partial charge < -0.3 is 9.52 Å². The first-order chi connectivity index (χ1) is 6.13. The Bertz CT molecular complexity index is 338. The van der Waals surface area contributed by atoms with Crippen LogP contribution in [0.5, 0.6) is 0 Å². The van der Waals surface area contributed by atoms with Crippen LogP contribution in [0.3, 0.4) is 0 Å². The standard InChI is InChI=1S/C9H9FO3/c1-2-6-3-4-7(13-6)5-8(10)9(11)12/h3-5H,2H2,1H3,(H,11,12). The van der Waals surface area contributed by atoms with Crippen LogP contribution < -0.4 is 0 Å². The highest BCUT2D eigenvalue weighted by molar-refractivity contribution is 5.89. The van der Waals surface area contributed by atoms with Gasteiger partial charge in [0.25, 0.3) is 0 Å². The molecule has 0 amide bonds. The first-order valence-corrected chi connectivity index (χ1v) is 3.82. The van der Waals surface area contributed by atoms with Crippen molar-refractivity contribution in [3.8, 4) is 0 Å². The van der Waals surface area contributed by atoms with E-state index in [0.717, 1.165) is 6.08 Å². The highest BCUT2D eigenvalue weighted by atomic mass is 19.1. The van der Waals surface area contributed by atoms with Crippen molar-refractivity contribution in [3.05, 3.63) is 29.5 Å². The lowest BCUT2D eigenvalue weighted by Gasteiger charge is -1.88. The molecular formula is C9H9FO3. The maximum atomic E-state index is 12.5. The zero-order valence-corrected chi connectivity index (χ0v) is 7.08. The van der Waals surface area contributed by atoms with Gasteiger partial charge in [0.05, 0.1) is 0 Å². The summed E-state index contributed by atoms with van der Waals surface area (Å²) in [5.74, 6) is -1.90. The predicted octanol–water partition coefficient (Wildman–Crippen LogP) is 2.24. The van der Waals surface area contributed by atoms with Crippen molar-refractivity contribution in [2.75, 3.05) is 0 Å². The van der Waals surface area contributed by atoms with Crippen molar-refractivity contribution in [1.82, 2.24) is 0 Å². The zero-order chi connectivity index (χ0) is 9.84. The summed E-state index contributed by atoms with van der Waals surface area (Å²) in [6.45, 7) is 1.89. The number of carbonyl (C=O) groups is 1. The molecule has 0 spiro atoms. The summed E-state index contributed by atoms with van der Waals surface area (Å²) < 4.78 is 17.6. The number of furan rings is 1. The molecule has 3 nitrogen and oxygen atoms in total. The molecule has 1 aromatic heterocycles. The van der Waals surface area contributed by atoms with E-state index in [0.29, 0.717) is 12.2 Å². The molecule has 0 atom stereocenters. The van der Waals surface area contributed by atoms with E-state index in [1.165, 1.54) is 6.07 Å². The van der Waals surface area contributed by atoms with E-state index in [4.69, 9.17) is 9.52 Å². The Morgan fingerprint density at radius 2 is 2.38 bits per heavy atom. The topological polar surface area (TPSA) is 50.4 Å². The first kappa shape index (κ1) is 9.51. The van der Waals surface area contributed by atoms with Gasteiger partial charge in [-0.1, -0.05) is 6.92 Å². The fourth-order valence-electron chi connectivity index (χ4n) is 0.849. The van der Waals surface area contributed by atoms with Crippen LogP contribution in [-0.4, -0.2) is 11.1 Å². The number of carboxylic acids is 1. The summed E-state index contributed by atoms with van der Waals surface area (Å²) in [4.78, 5) is 10.1. The Labute approximate surface area is 74.5 Å². The molecule has 0 radical (unpaired) electrons. The van der Waals surface area contributed by atoms with E-state index in [1.807, 2.05) is 6.92 Å². The molecule has 1 aromatic rings. The third-order valence-electron chi connectivity index (χ3n) is 1.50. The minimum atomic E-state index is -1.59. The summed E-state index contributed by atoms with van der Waals surface area (Å²) in [5, 5.41) is 8.22. The Kier molecular flexibility index (Phi) is 2.84. The molecule has 0 bridgehead atoms. The lowest BCUT2D eigenvalue weighted by molar-refractivity contribution is -0.134. The fraction of sp³-hybridized carbons (Fsp3) is 0.222. The van der Waals surface area contributed by atoms with Crippen LogP contribution >= 0.6 is 0 Å². The van der Waals surface area contributed by atoms with Gasteiger partial charge in [0.1, 0.15) is 11.5 Å². The summed E-state index contributed by atoms with van der Waals surface area (Å²) in [5.41, 5.74) is 0. The number of rotatable bonds is 3. The molecule has 0 aliphatic carbocycles. The second kappa shape index (κ2) is 3.89. The molecule has 1 rings (SSSR count). The van der Waals surface area contributed by atoms with E-state index < -0.39 is 11.8 Å². The van der Waals surface area contributed by atoms with Crippen molar-refractivity contribution in [1.29, 1.82) is 0 Å². The van der Waals surface area contributed by atoms with Gasteiger partial charge in [-0.15, -0.1) is 0 Å². The molecule has 0 saturated heterocycles. The molecule has 0 saturated carbocycles. The molecule has 0 aliphatic rings. The van der Waals surface area contributed by atoms with Crippen LogP contribution in [0.15, 0.2) is 22.4 Å². The molecule has 4 heteroatoms. The van der Waals surface area contributed by atoms with Gasteiger partial charge in [-0.25, -0.2) is 4.79 Å². The Hall–Kier alpha value is -1.58. The zero-order valence-electron chi connectivity index (χ0n) is 7.08. The number of hydrogen-bond acceptors (Lipinski definition) is 2. The minimum Gasteiger partial charge on any atom is -0.476 e.